The van der Waals surface area contributed by atoms with E-state index in [1.165, 1.54) is 0 Å². The van der Waals surface area contributed by atoms with Gasteiger partial charge in [-0.25, -0.2) is 4.98 Å². The molecule has 0 amide bonds. The SMILES string of the molecule is Cc1ccn2c(CSCC(F)(F)F)cnc2c1. The van der Waals surface area contributed by atoms with E-state index >= 15 is 0 Å². The number of hydrogen-bond acceptors (Lipinski definition) is 2. The van der Waals surface area contributed by atoms with Gasteiger partial charge in [0.05, 0.1) is 17.6 Å². The van der Waals surface area contributed by atoms with Crippen LogP contribution in [0.3, 0.4) is 0 Å². The molecule has 0 radical (unpaired) electrons. The van der Waals surface area contributed by atoms with E-state index in [2.05, 4.69) is 4.98 Å². The molecule has 0 saturated heterocycles. The highest BCUT2D eigenvalue weighted by Gasteiger charge is 2.26. The lowest BCUT2D eigenvalue weighted by atomic mass is 10.3. The van der Waals surface area contributed by atoms with E-state index < -0.39 is 11.9 Å². The maximum absolute atomic E-state index is 12.0. The number of fused-ring (bicyclic) bond motifs is 1. The summed E-state index contributed by atoms with van der Waals surface area (Å²) in [6.45, 7) is 1.95. The molecule has 2 heterocycles. The number of alkyl halides is 3. The van der Waals surface area contributed by atoms with Gasteiger partial charge in [-0.15, -0.1) is 11.8 Å². The van der Waals surface area contributed by atoms with Gasteiger partial charge < -0.3 is 4.40 Å². The molecule has 2 aromatic heterocycles. The third-order valence-corrected chi connectivity index (χ3v) is 3.29. The van der Waals surface area contributed by atoms with Crippen LogP contribution in [0.4, 0.5) is 13.2 Å². The average molecular weight is 260 g/mol. The van der Waals surface area contributed by atoms with Gasteiger partial charge in [-0.3, -0.25) is 0 Å². The van der Waals surface area contributed by atoms with Gasteiger partial charge >= 0.3 is 6.18 Å². The molecule has 6 heteroatoms. The maximum Gasteiger partial charge on any atom is 0.397 e. The number of aryl methyl sites for hydroxylation is 1. The Labute approximate surface area is 101 Å². The van der Waals surface area contributed by atoms with Crippen LogP contribution in [0.15, 0.2) is 24.5 Å². The molecule has 0 unspecified atom stereocenters. The summed E-state index contributed by atoms with van der Waals surface area (Å²) in [5, 5.41) is 0. The van der Waals surface area contributed by atoms with Crippen LogP contribution in [0.5, 0.6) is 0 Å². The van der Waals surface area contributed by atoms with Gasteiger partial charge in [0.2, 0.25) is 0 Å². The maximum atomic E-state index is 12.0. The number of halogens is 3. The Morgan fingerprint density at radius 3 is 2.88 bits per heavy atom. The summed E-state index contributed by atoms with van der Waals surface area (Å²) in [5.74, 6) is -0.518. The van der Waals surface area contributed by atoms with Crippen LogP contribution in [-0.2, 0) is 5.75 Å². The van der Waals surface area contributed by atoms with Crippen LogP contribution in [0.2, 0.25) is 0 Å². The topological polar surface area (TPSA) is 17.3 Å². The van der Waals surface area contributed by atoms with Crippen molar-refractivity contribution < 1.29 is 13.2 Å². The van der Waals surface area contributed by atoms with Crippen molar-refractivity contribution in [1.29, 1.82) is 0 Å². The number of aromatic nitrogens is 2. The van der Waals surface area contributed by atoms with Gasteiger partial charge in [0.1, 0.15) is 5.65 Å². The van der Waals surface area contributed by atoms with Gasteiger partial charge in [-0.05, 0) is 24.6 Å². The van der Waals surface area contributed by atoms with Gasteiger partial charge in [-0.1, -0.05) is 0 Å². The first-order valence-corrected chi connectivity index (χ1v) is 6.18. The minimum absolute atomic E-state index is 0.309. The average Bonchev–Trinajstić information content (AvgIpc) is 2.59. The molecule has 2 nitrogen and oxygen atoms in total. The van der Waals surface area contributed by atoms with E-state index in [4.69, 9.17) is 0 Å². The summed E-state index contributed by atoms with van der Waals surface area (Å²) in [4.78, 5) is 4.16. The predicted octanol–water partition coefficient (Wildman–Crippen LogP) is 3.44. The van der Waals surface area contributed by atoms with Crippen molar-refractivity contribution in [2.24, 2.45) is 0 Å². The first kappa shape index (κ1) is 12.3. The largest absolute Gasteiger partial charge is 0.397 e. The molecule has 92 valence electrons. The van der Waals surface area contributed by atoms with E-state index in [1.807, 2.05) is 29.7 Å². The van der Waals surface area contributed by atoms with Crippen molar-refractivity contribution >= 4 is 17.4 Å². The minimum Gasteiger partial charge on any atom is -0.303 e. The third kappa shape index (κ3) is 3.15. The second-order valence-corrected chi connectivity index (χ2v) is 4.78. The molecule has 0 bridgehead atoms. The highest BCUT2D eigenvalue weighted by Crippen LogP contribution is 2.24. The van der Waals surface area contributed by atoms with Crippen molar-refractivity contribution in [2.75, 3.05) is 5.75 Å². The van der Waals surface area contributed by atoms with E-state index in [0.717, 1.165) is 28.7 Å². The lowest BCUT2D eigenvalue weighted by Gasteiger charge is -2.05. The van der Waals surface area contributed by atoms with Crippen LogP contribution in [0, 0.1) is 6.92 Å². The molecule has 0 aliphatic carbocycles. The molecular weight excluding hydrogens is 249 g/mol. The van der Waals surface area contributed by atoms with Crippen LogP contribution >= 0.6 is 11.8 Å². The number of nitrogens with zero attached hydrogens (tertiary/aromatic N) is 2. The Morgan fingerprint density at radius 2 is 2.18 bits per heavy atom. The van der Waals surface area contributed by atoms with E-state index in [-0.39, 0.29) is 0 Å². The molecule has 0 aliphatic rings. The van der Waals surface area contributed by atoms with Crippen LogP contribution < -0.4 is 0 Å². The second-order valence-electron chi connectivity index (χ2n) is 3.79. The predicted molar refractivity (Wildman–Crippen MR) is 62.1 cm³/mol. The molecule has 0 saturated carbocycles. The lowest BCUT2D eigenvalue weighted by Crippen LogP contribution is -2.11. The van der Waals surface area contributed by atoms with Crippen molar-refractivity contribution in [3.8, 4) is 0 Å². The Bertz CT molecular complexity index is 519. The van der Waals surface area contributed by atoms with Crippen molar-refractivity contribution in [2.45, 2.75) is 18.9 Å². The molecule has 0 fully saturated rings. The van der Waals surface area contributed by atoms with Gasteiger partial charge in [-0.2, -0.15) is 13.2 Å². The second kappa shape index (κ2) is 4.60. The molecule has 0 aliphatic heterocycles. The minimum atomic E-state index is -4.11. The van der Waals surface area contributed by atoms with E-state index in [0.29, 0.717) is 5.75 Å². The summed E-state index contributed by atoms with van der Waals surface area (Å²) in [5.41, 5.74) is 2.64. The quantitative estimate of drug-likeness (QED) is 0.841. The zero-order valence-electron chi connectivity index (χ0n) is 9.16. The zero-order chi connectivity index (χ0) is 12.5. The summed E-state index contributed by atoms with van der Waals surface area (Å²) in [6.07, 6.45) is -0.652. The van der Waals surface area contributed by atoms with Crippen molar-refractivity contribution in [1.82, 2.24) is 9.38 Å². The van der Waals surface area contributed by atoms with Crippen LogP contribution in [0.1, 0.15) is 11.3 Å². The fraction of sp³-hybridized carbons (Fsp3) is 0.364. The summed E-state index contributed by atoms with van der Waals surface area (Å²) < 4.78 is 37.8. The Hall–Kier alpha value is -1.17. The molecule has 2 rings (SSSR count). The molecule has 0 atom stereocenters. The normalized spacial score (nSPS) is 12.2. The standard InChI is InChI=1S/C11H11F3N2S/c1-8-2-3-16-9(5-15-10(16)4-8)6-17-7-11(12,13)14/h2-5H,6-7H2,1H3. The molecular formula is C11H11F3N2S. The van der Waals surface area contributed by atoms with Gasteiger partial charge in [0, 0.05) is 11.9 Å². The Kier molecular flexibility index (Phi) is 3.33. The summed E-state index contributed by atoms with van der Waals surface area (Å²) >= 11 is 0.851. The van der Waals surface area contributed by atoms with Crippen LogP contribution in [-0.4, -0.2) is 21.3 Å². The fourth-order valence-corrected chi connectivity index (χ4v) is 2.27. The zero-order valence-corrected chi connectivity index (χ0v) is 9.98. The van der Waals surface area contributed by atoms with Crippen molar-refractivity contribution in [3.63, 3.8) is 0 Å². The van der Waals surface area contributed by atoms with Gasteiger partial charge in [0.25, 0.3) is 0 Å². The number of thioether (sulfide) groups is 1. The number of hydrogen-bond donors (Lipinski definition) is 0. The van der Waals surface area contributed by atoms with Crippen LogP contribution in [0.25, 0.3) is 5.65 Å². The van der Waals surface area contributed by atoms with E-state index in [1.54, 1.807) is 6.20 Å². The summed E-state index contributed by atoms with van der Waals surface area (Å²) in [6, 6.07) is 3.81. The molecule has 0 N–H and O–H groups in total. The number of pyridine rings is 1. The third-order valence-electron chi connectivity index (χ3n) is 2.26. The first-order chi connectivity index (χ1) is 7.96. The molecule has 0 aromatic carbocycles. The fourth-order valence-electron chi connectivity index (χ4n) is 1.51. The summed E-state index contributed by atoms with van der Waals surface area (Å²) in [7, 11) is 0. The number of imidazole rings is 1. The Balaban J connectivity index is 2.09. The smallest absolute Gasteiger partial charge is 0.303 e. The molecule has 2 aromatic rings. The highest BCUT2D eigenvalue weighted by molar-refractivity contribution is 7.98. The molecule has 0 spiro atoms. The Morgan fingerprint density at radius 1 is 1.41 bits per heavy atom. The monoisotopic (exact) mass is 260 g/mol. The van der Waals surface area contributed by atoms with E-state index in [9.17, 15) is 13.2 Å². The highest BCUT2D eigenvalue weighted by atomic mass is 32.2. The van der Waals surface area contributed by atoms with Crippen molar-refractivity contribution in [3.05, 3.63) is 35.8 Å². The first-order valence-electron chi connectivity index (χ1n) is 5.03. The number of rotatable bonds is 3. The lowest BCUT2D eigenvalue weighted by molar-refractivity contribution is -0.105. The van der Waals surface area contributed by atoms with Gasteiger partial charge in [0.15, 0.2) is 0 Å². The molecule has 17 heavy (non-hydrogen) atoms.